The minimum absolute atomic E-state index is 0.0865. The van der Waals surface area contributed by atoms with Gasteiger partial charge in [-0.15, -0.1) is 0 Å². The maximum Gasteiger partial charge on any atom is 0.175 e. The molecular weight excluding hydrogens is 654 g/mol. The number of aliphatic hydroxyl groups is 2. The highest BCUT2D eigenvalue weighted by Gasteiger charge is 2.63. The molecule has 8 aliphatic carbocycles. The SMILES string of the molecule is C[C@]12CC[C@H]3[C@@H](CCC4=CC(=O)CC[C@@H]43)[C@@H]1CC[C@@]2(O)C#Cc1ccc(C#C[C@]2(O)CC[C@H]3[C@@H]4CCC5=CC(=O)CC[C@@H]5[C@H]4CC[C@@]32C)c(F)c1F. The molecule has 274 valence electrons. The van der Waals surface area contributed by atoms with Gasteiger partial charge < -0.3 is 10.2 Å². The van der Waals surface area contributed by atoms with Gasteiger partial charge in [0.15, 0.2) is 23.2 Å². The van der Waals surface area contributed by atoms with Crippen LogP contribution in [-0.2, 0) is 9.59 Å². The van der Waals surface area contributed by atoms with Crippen LogP contribution in [0.5, 0.6) is 0 Å². The van der Waals surface area contributed by atoms with Crippen molar-refractivity contribution in [3.8, 4) is 23.7 Å². The van der Waals surface area contributed by atoms with Crippen LogP contribution in [0.15, 0.2) is 35.4 Å². The van der Waals surface area contributed by atoms with Crippen molar-refractivity contribution >= 4 is 11.6 Å². The molecule has 0 heterocycles. The number of fused-ring (bicyclic) bond motifs is 10. The lowest BCUT2D eigenvalue weighted by Gasteiger charge is -2.54. The van der Waals surface area contributed by atoms with Crippen LogP contribution in [0.25, 0.3) is 0 Å². The van der Waals surface area contributed by atoms with Gasteiger partial charge in [0.25, 0.3) is 0 Å². The number of rotatable bonds is 0. The molecule has 1 aromatic carbocycles. The normalized spacial score (nSPS) is 44.6. The summed E-state index contributed by atoms with van der Waals surface area (Å²) in [5.41, 5.74) is -0.940. The number of ketones is 2. The fourth-order valence-corrected chi connectivity index (χ4v) is 13.9. The number of benzene rings is 1. The zero-order valence-electron chi connectivity index (χ0n) is 30.7. The van der Waals surface area contributed by atoms with E-state index in [-0.39, 0.29) is 22.7 Å². The Kier molecular flexibility index (Phi) is 8.16. The zero-order chi connectivity index (χ0) is 36.2. The molecule has 0 unspecified atom stereocenters. The lowest BCUT2D eigenvalue weighted by molar-refractivity contribution is -0.117. The third kappa shape index (κ3) is 5.06. The molecular formula is C46H52F2O4. The van der Waals surface area contributed by atoms with Gasteiger partial charge in [0.05, 0.1) is 11.1 Å². The number of carbonyl (C=O) groups excluding carboxylic acids is 2. The molecule has 6 saturated carbocycles. The van der Waals surface area contributed by atoms with E-state index in [1.54, 1.807) is 0 Å². The minimum atomic E-state index is -1.29. The fraction of sp³-hybridized carbons (Fsp3) is 0.652. The summed E-state index contributed by atoms with van der Waals surface area (Å²) in [5.74, 6) is 13.8. The number of carbonyl (C=O) groups is 2. The number of hydrogen-bond donors (Lipinski definition) is 2. The summed E-state index contributed by atoms with van der Waals surface area (Å²) in [6.07, 6.45) is 17.3. The molecule has 4 nitrogen and oxygen atoms in total. The summed E-state index contributed by atoms with van der Waals surface area (Å²) in [6, 6.07) is 2.92. The molecule has 0 radical (unpaired) electrons. The summed E-state index contributed by atoms with van der Waals surface area (Å²) < 4.78 is 31.3. The van der Waals surface area contributed by atoms with Crippen LogP contribution in [0.1, 0.15) is 128 Å². The predicted octanol–water partition coefficient (Wildman–Crippen LogP) is 8.41. The molecule has 2 N–H and O–H groups in total. The molecule has 6 fully saturated rings. The van der Waals surface area contributed by atoms with Gasteiger partial charge in [0, 0.05) is 23.7 Å². The smallest absolute Gasteiger partial charge is 0.175 e. The van der Waals surface area contributed by atoms with Crippen molar-refractivity contribution in [2.75, 3.05) is 0 Å². The van der Waals surface area contributed by atoms with Crippen LogP contribution in [0, 0.1) is 93.5 Å². The van der Waals surface area contributed by atoms with E-state index in [9.17, 15) is 19.8 Å². The van der Waals surface area contributed by atoms with Crippen molar-refractivity contribution in [1.29, 1.82) is 0 Å². The Morgan fingerprint density at radius 1 is 0.577 bits per heavy atom. The Morgan fingerprint density at radius 2 is 1.00 bits per heavy atom. The Balaban J connectivity index is 0.921. The number of hydrogen-bond acceptors (Lipinski definition) is 4. The molecule has 52 heavy (non-hydrogen) atoms. The average molecular weight is 707 g/mol. The van der Waals surface area contributed by atoms with Crippen molar-refractivity contribution in [3.05, 3.63) is 58.2 Å². The summed E-state index contributed by atoms with van der Waals surface area (Å²) >= 11 is 0. The standard InChI is InChI=1S/C46H52F2O4/c1-43-19-15-35-33-11-7-31(49)25-29(33)5-9-37(35)39(43)17-23-45(43,51)21-13-27-3-4-28(42(48)41(27)47)14-22-46(52)24-18-40-38-10-6-30-26-32(50)8-12-34(30)36(38)16-20-44(40,46)2/h3-4,25-26,33-40,51-52H,5-12,15-20,23-24H2,1-2H3/t33-,34-,35+,36+,37+,38+,39-,40-,43-,44-,45-,46-/m0/s1. The van der Waals surface area contributed by atoms with Crippen LogP contribution in [0.4, 0.5) is 8.78 Å². The maximum absolute atomic E-state index is 15.6. The Hall–Kier alpha value is -3.06. The van der Waals surface area contributed by atoms with Gasteiger partial charge in [-0.1, -0.05) is 48.7 Å². The van der Waals surface area contributed by atoms with Crippen LogP contribution in [-0.4, -0.2) is 33.0 Å². The van der Waals surface area contributed by atoms with E-state index in [2.05, 4.69) is 37.5 Å². The Morgan fingerprint density at radius 3 is 1.42 bits per heavy atom. The summed E-state index contributed by atoms with van der Waals surface area (Å²) in [5, 5.41) is 24.1. The van der Waals surface area contributed by atoms with Crippen LogP contribution in [0.2, 0.25) is 0 Å². The lowest BCUT2D eigenvalue weighted by Crippen LogP contribution is -2.52. The van der Waals surface area contributed by atoms with Gasteiger partial charge in [-0.2, -0.15) is 0 Å². The van der Waals surface area contributed by atoms with E-state index >= 15 is 8.78 Å². The van der Waals surface area contributed by atoms with Crippen LogP contribution in [0.3, 0.4) is 0 Å². The topological polar surface area (TPSA) is 74.6 Å². The van der Waals surface area contributed by atoms with Gasteiger partial charge >= 0.3 is 0 Å². The van der Waals surface area contributed by atoms with Crippen LogP contribution < -0.4 is 0 Å². The summed E-state index contributed by atoms with van der Waals surface area (Å²) in [7, 11) is 0. The molecule has 0 spiro atoms. The van der Waals surface area contributed by atoms with Gasteiger partial charge in [-0.05, 0) is 162 Å². The van der Waals surface area contributed by atoms with E-state index in [0.717, 1.165) is 77.0 Å². The largest absolute Gasteiger partial charge is 0.377 e. The van der Waals surface area contributed by atoms with E-state index in [1.807, 2.05) is 12.2 Å². The van der Waals surface area contributed by atoms with Gasteiger partial charge in [-0.3, -0.25) is 9.59 Å². The molecule has 1 aromatic rings. The van der Waals surface area contributed by atoms with Crippen molar-refractivity contribution in [1.82, 2.24) is 0 Å². The quantitative estimate of drug-likeness (QED) is 0.266. The third-order valence-corrected chi connectivity index (χ3v) is 16.8. The Labute approximate surface area is 307 Å². The predicted molar refractivity (Wildman–Crippen MR) is 194 cm³/mol. The van der Waals surface area contributed by atoms with Crippen molar-refractivity contribution < 1.29 is 28.6 Å². The third-order valence-electron chi connectivity index (χ3n) is 16.8. The maximum atomic E-state index is 15.6. The second kappa shape index (κ2) is 12.2. The highest BCUT2D eigenvalue weighted by atomic mass is 19.2. The molecule has 12 atom stereocenters. The molecule has 0 bridgehead atoms. The van der Waals surface area contributed by atoms with Gasteiger partial charge in [-0.25, -0.2) is 8.78 Å². The van der Waals surface area contributed by atoms with E-state index in [0.29, 0.717) is 73.0 Å². The Bertz CT molecular complexity index is 1780. The highest BCUT2D eigenvalue weighted by Crippen LogP contribution is 2.66. The fourth-order valence-electron chi connectivity index (χ4n) is 13.9. The van der Waals surface area contributed by atoms with Gasteiger partial charge in [0.2, 0.25) is 0 Å². The number of allylic oxidation sites excluding steroid dienone is 2. The van der Waals surface area contributed by atoms with E-state index < -0.39 is 33.7 Å². The van der Waals surface area contributed by atoms with Crippen LogP contribution >= 0.6 is 0 Å². The summed E-state index contributed by atoms with van der Waals surface area (Å²) in [6.45, 7) is 4.29. The van der Waals surface area contributed by atoms with E-state index in [1.165, 1.54) is 23.3 Å². The van der Waals surface area contributed by atoms with E-state index in [4.69, 9.17) is 0 Å². The van der Waals surface area contributed by atoms with Crippen molar-refractivity contribution in [3.63, 3.8) is 0 Å². The first-order valence-electron chi connectivity index (χ1n) is 20.3. The first-order valence-corrected chi connectivity index (χ1v) is 20.3. The van der Waals surface area contributed by atoms with Gasteiger partial charge in [0.1, 0.15) is 11.2 Å². The monoisotopic (exact) mass is 706 g/mol. The average Bonchev–Trinajstić information content (AvgIpc) is 3.56. The molecule has 0 aliphatic heterocycles. The minimum Gasteiger partial charge on any atom is -0.377 e. The molecule has 8 aliphatic rings. The van der Waals surface area contributed by atoms with Crippen molar-refractivity contribution in [2.24, 2.45) is 58.2 Å². The number of halogens is 2. The second-order valence-electron chi connectivity index (χ2n) is 18.6. The molecule has 0 aromatic heterocycles. The first-order chi connectivity index (χ1) is 24.8. The zero-order valence-corrected chi connectivity index (χ0v) is 30.7. The highest BCUT2D eigenvalue weighted by molar-refractivity contribution is 5.91. The summed E-state index contributed by atoms with van der Waals surface area (Å²) in [4.78, 5) is 24.2. The van der Waals surface area contributed by atoms with Crippen molar-refractivity contribution in [2.45, 2.75) is 128 Å². The lowest BCUT2D eigenvalue weighted by atomic mass is 9.50. The molecule has 6 heteroatoms. The molecule has 0 saturated heterocycles. The molecule has 9 rings (SSSR count). The second-order valence-corrected chi connectivity index (χ2v) is 18.6. The molecule has 0 amide bonds. The first kappa shape index (κ1) is 34.7.